The number of aromatic nitrogens is 1. The van der Waals surface area contributed by atoms with E-state index < -0.39 is 4.92 Å². The molecule has 0 amide bonds. The topological polar surface area (TPSA) is 91.5 Å². The first kappa shape index (κ1) is 17.2. The SMILES string of the molecule is CCCNc1ccc([N+](=O)[O-])c(N(C)CCCCCO)n1. The zero-order valence-corrected chi connectivity index (χ0v) is 12.7. The number of hydrogen-bond donors (Lipinski definition) is 2. The van der Waals surface area contributed by atoms with Gasteiger partial charge < -0.3 is 15.3 Å². The highest BCUT2D eigenvalue weighted by atomic mass is 16.6. The number of nitrogens with zero attached hydrogens (tertiary/aromatic N) is 3. The lowest BCUT2D eigenvalue weighted by Gasteiger charge is -2.18. The Morgan fingerprint density at radius 1 is 1.38 bits per heavy atom. The Kier molecular flexibility index (Phi) is 7.45. The van der Waals surface area contributed by atoms with Crippen LogP contribution in [-0.2, 0) is 0 Å². The van der Waals surface area contributed by atoms with Gasteiger partial charge in [0, 0.05) is 32.8 Å². The molecule has 0 unspecified atom stereocenters. The molecule has 7 heteroatoms. The van der Waals surface area contributed by atoms with Gasteiger partial charge in [-0.3, -0.25) is 10.1 Å². The molecule has 0 aliphatic carbocycles. The highest BCUT2D eigenvalue weighted by Crippen LogP contribution is 2.27. The number of rotatable bonds is 10. The van der Waals surface area contributed by atoms with Crippen LogP contribution in [0, 0.1) is 10.1 Å². The molecular formula is C14H24N4O3. The van der Waals surface area contributed by atoms with Gasteiger partial charge in [-0.1, -0.05) is 6.92 Å². The van der Waals surface area contributed by atoms with Crippen molar-refractivity contribution < 1.29 is 10.0 Å². The Labute approximate surface area is 125 Å². The molecule has 0 bridgehead atoms. The van der Waals surface area contributed by atoms with Gasteiger partial charge in [-0.05, 0) is 31.7 Å². The molecule has 0 atom stereocenters. The van der Waals surface area contributed by atoms with Crippen molar-refractivity contribution in [3.63, 3.8) is 0 Å². The molecule has 1 aromatic heterocycles. The van der Waals surface area contributed by atoms with E-state index in [1.807, 2.05) is 6.92 Å². The van der Waals surface area contributed by atoms with Gasteiger partial charge in [0.1, 0.15) is 5.82 Å². The summed E-state index contributed by atoms with van der Waals surface area (Å²) in [5, 5.41) is 23.0. The molecule has 0 radical (unpaired) electrons. The van der Waals surface area contributed by atoms with Crippen LogP contribution in [0.25, 0.3) is 0 Å². The Balaban J connectivity index is 2.81. The van der Waals surface area contributed by atoms with E-state index in [-0.39, 0.29) is 12.3 Å². The van der Waals surface area contributed by atoms with Crippen molar-refractivity contribution in [2.24, 2.45) is 0 Å². The summed E-state index contributed by atoms with van der Waals surface area (Å²) >= 11 is 0. The molecule has 0 saturated carbocycles. The van der Waals surface area contributed by atoms with E-state index in [0.717, 1.165) is 32.2 Å². The van der Waals surface area contributed by atoms with Crippen molar-refractivity contribution in [2.45, 2.75) is 32.6 Å². The van der Waals surface area contributed by atoms with Gasteiger partial charge in [0.15, 0.2) is 0 Å². The number of aliphatic hydroxyl groups is 1. The third-order valence-electron chi connectivity index (χ3n) is 3.12. The van der Waals surface area contributed by atoms with Crippen LogP contribution < -0.4 is 10.2 Å². The van der Waals surface area contributed by atoms with Gasteiger partial charge in [0.2, 0.25) is 5.82 Å². The highest BCUT2D eigenvalue weighted by molar-refractivity contribution is 5.61. The largest absolute Gasteiger partial charge is 0.396 e. The second-order valence-corrected chi connectivity index (χ2v) is 4.93. The second-order valence-electron chi connectivity index (χ2n) is 4.93. The standard InChI is InChI=1S/C14H24N4O3/c1-3-9-15-13-8-7-12(18(20)21)14(16-13)17(2)10-5-4-6-11-19/h7-8,19H,3-6,9-11H2,1-2H3,(H,15,16). The van der Waals surface area contributed by atoms with Gasteiger partial charge in [0.25, 0.3) is 0 Å². The summed E-state index contributed by atoms with van der Waals surface area (Å²) in [6.45, 7) is 3.68. The van der Waals surface area contributed by atoms with Crippen LogP contribution in [0.1, 0.15) is 32.6 Å². The molecule has 1 aromatic rings. The predicted molar refractivity (Wildman–Crippen MR) is 83.9 cm³/mol. The normalized spacial score (nSPS) is 10.4. The molecule has 0 spiro atoms. The zero-order valence-electron chi connectivity index (χ0n) is 12.7. The summed E-state index contributed by atoms with van der Waals surface area (Å²) in [6.07, 6.45) is 3.47. The van der Waals surface area contributed by atoms with E-state index in [9.17, 15) is 10.1 Å². The first-order valence-electron chi connectivity index (χ1n) is 7.31. The molecule has 0 aromatic carbocycles. The van der Waals surface area contributed by atoms with E-state index in [0.29, 0.717) is 18.2 Å². The lowest BCUT2D eigenvalue weighted by Crippen LogP contribution is -2.21. The second kappa shape index (κ2) is 9.12. The van der Waals surface area contributed by atoms with Crippen molar-refractivity contribution in [3.8, 4) is 0 Å². The van der Waals surface area contributed by atoms with Gasteiger partial charge in [-0.15, -0.1) is 0 Å². The van der Waals surface area contributed by atoms with Crippen molar-refractivity contribution >= 4 is 17.3 Å². The fraction of sp³-hybridized carbons (Fsp3) is 0.643. The van der Waals surface area contributed by atoms with Crippen molar-refractivity contribution in [1.82, 2.24) is 4.98 Å². The van der Waals surface area contributed by atoms with Crippen LogP contribution in [0.15, 0.2) is 12.1 Å². The van der Waals surface area contributed by atoms with E-state index >= 15 is 0 Å². The van der Waals surface area contributed by atoms with E-state index in [1.165, 1.54) is 6.07 Å². The number of anilines is 2. The number of hydrogen-bond acceptors (Lipinski definition) is 6. The lowest BCUT2D eigenvalue weighted by atomic mass is 10.2. The third-order valence-corrected chi connectivity index (χ3v) is 3.12. The maximum absolute atomic E-state index is 11.1. The number of nitrogens with one attached hydrogen (secondary N) is 1. The smallest absolute Gasteiger partial charge is 0.311 e. The van der Waals surface area contributed by atoms with Crippen LogP contribution >= 0.6 is 0 Å². The minimum Gasteiger partial charge on any atom is -0.396 e. The van der Waals surface area contributed by atoms with Gasteiger partial charge in [-0.2, -0.15) is 0 Å². The molecule has 0 saturated heterocycles. The zero-order chi connectivity index (χ0) is 15.7. The number of aliphatic hydroxyl groups excluding tert-OH is 1. The third kappa shape index (κ3) is 5.55. The summed E-state index contributed by atoms with van der Waals surface area (Å²) in [6, 6.07) is 3.13. The first-order valence-corrected chi connectivity index (χ1v) is 7.31. The van der Waals surface area contributed by atoms with Gasteiger partial charge >= 0.3 is 5.69 Å². The van der Waals surface area contributed by atoms with Crippen molar-refractivity contribution in [3.05, 3.63) is 22.2 Å². The number of pyridine rings is 1. The maximum Gasteiger partial charge on any atom is 0.311 e. The average Bonchev–Trinajstić information content (AvgIpc) is 2.48. The Hall–Kier alpha value is -1.89. The Morgan fingerprint density at radius 3 is 2.76 bits per heavy atom. The van der Waals surface area contributed by atoms with Crippen LogP contribution in [0.2, 0.25) is 0 Å². The number of nitro groups is 1. The van der Waals surface area contributed by atoms with Gasteiger partial charge in [0.05, 0.1) is 4.92 Å². The molecule has 1 heterocycles. The minimum atomic E-state index is -0.407. The summed E-state index contributed by atoms with van der Waals surface area (Å²) in [7, 11) is 1.80. The Morgan fingerprint density at radius 2 is 2.14 bits per heavy atom. The van der Waals surface area contributed by atoms with Crippen LogP contribution in [0.4, 0.5) is 17.3 Å². The highest BCUT2D eigenvalue weighted by Gasteiger charge is 2.19. The molecule has 7 nitrogen and oxygen atoms in total. The lowest BCUT2D eigenvalue weighted by molar-refractivity contribution is -0.384. The first-order chi connectivity index (χ1) is 10.1. The van der Waals surface area contributed by atoms with E-state index in [1.54, 1.807) is 18.0 Å². The van der Waals surface area contributed by atoms with E-state index in [2.05, 4.69) is 10.3 Å². The molecule has 1 rings (SSSR count). The molecule has 118 valence electrons. The summed E-state index contributed by atoms with van der Waals surface area (Å²) in [4.78, 5) is 16.9. The summed E-state index contributed by atoms with van der Waals surface area (Å²) in [5.74, 6) is 1.03. The molecule has 21 heavy (non-hydrogen) atoms. The van der Waals surface area contributed by atoms with E-state index in [4.69, 9.17) is 5.11 Å². The fourth-order valence-electron chi connectivity index (χ4n) is 1.96. The van der Waals surface area contributed by atoms with Crippen LogP contribution in [0.3, 0.4) is 0 Å². The minimum absolute atomic E-state index is 0.0155. The van der Waals surface area contributed by atoms with Crippen LogP contribution in [0.5, 0.6) is 0 Å². The van der Waals surface area contributed by atoms with Gasteiger partial charge in [-0.25, -0.2) is 4.98 Å². The Bertz CT molecular complexity index is 454. The number of unbranched alkanes of at least 4 members (excludes halogenated alkanes) is 2. The quantitative estimate of drug-likeness (QED) is 0.391. The molecule has 0 aliphatic rings. The summed E-state index contributed by atoms with van der Waals surface area (Å²) < 4.78 is 0. The molecule has 0 fully saturated rings. The van der Waals surface area contributed by atoms with Crippen LogP contribution in [-0.4, -0.2) is 41.8 Å². The monoisotopic (exact) mass is 296 g/mol. The maximum atomic E-state index is 11.1. The van der Waals surface area contributed by atoms with Crippen molar-refractivity contribution in [2.75, 3.05) is 37.0 Å². The fourth-order valence-corrected chi connectivity index (χ4v) is 1.96. The summed E-state index contributed by atoms with van der Waals surface area (Å²) in [5.41, 5.74) is 0.0155. The molecule has 2 N–H and O–H groups in total. The molecule has 0 aliphatic heterocycles. The average molecular weight is 296 g/mol. The predicted octanol–water partition coefficient (Wildman–Crippen LogP) is 2.41. The molecular weight excluding hydrogens is 272 g/mol. The van der Waals surface area contributed by atoms with Crippen molar-refractivity contribution in [1.29, 1.82) is 0 Å².